The maximum absolute atomic E-state index is 13.2. The van der Waals surface area contributed by atoms with E-state index in [0.29, 0.717) is 0 Å². The SMILES string of the molecule is CC(c1ccccc1)N(CC(=O)O)N(C)C(=O)CN(Cc1ccccc1)NC(=O)OC(C)(C)C. The molecule has 9 heteroatoms. The number of nitrogens with one attached hydrogen (secondary N) is 1. The summed E-state index contributed by atoms with van der Waals surface area (Å²) in [6, 6.07) is 18.4. The molecule has 0 aliphatic carbocycles. The molecule has 0 saturated heterocycles. The van der Waals surface area contributed by atoms with Crippen LogP contribution in [0.5, 0.6) is 0 Å². The molecule has 0 radical (unpaired) electrons. The minimum Gasteiger partial charge on any atom is -0.480 e. The van der Waals surface area contributed by atoms with E-state index in [1.165, 1.54) is 22.1 Å². The summed E-state index contributed by atoms with van der Waals surface area (Å²) >= 11 is 0. The standard InChI is InChI=1S/C25H34N4O5/c1-19(21-14-10-7-11-15-21)29(18-23(31)32)27(5)22(30)17-28(16-20-12-8-6-9-13-20)26-24(33)34-25(2,3)4/h6-15,19H,16-18H2,1-5H3,(H,26,33)(H,31,32). The van der Waals surface area contributed by atoms with Crippen LogP contribution in [0.1, 0.15) is 44.9 Å². The average Bonchev–Trinajstić information content (AvgIpc) is 2.76. The molecule has 2 aromatic carbocycles. The molecule has 184 valence electrons. The molecule has 2 amide bonds. The van der Waals surface area contributed by atoms with Gasteiger partial charge in [0, 0.05) is 13.6 Å². The van der Waals surface area contributed by atoms with Crippen molar-refractivity contribution in [3.63, 3.8) is 0 Å². The number of likely N-dealkylation sites (N-methyl/N-ethyl adjacent to an activating group) is 1. The first-order chi connectivity index (χ1) is 16.0. The number of carbonyl (C=O) groups is 3. The summed E-state index contributed by atoms with van der Waals surface area (Å²) in [5.74, 6) is -1.45. The van der Waals surface area contributed by atoms with E-state index in [1.807, 2.05) is 67.6 Å². The minimum absolute atomic E-state index is 0.192. The number of carbonyl (C=O) groups excluding carboxylic acids is 2. The highest BCUT2D eigenvalue weighted by Gasteiger charge is 2.28. The molecule has 0 spiro atoms. The fraction of sp³-hybridized carbons (Fsp3) is 0.400. The Morgan fingerprint density at radius 3 is 2.06 bits per heavy atom. The van der Waals surface area contributed by atoms with Gasteiger partial charge in [-0.2, -0.15) is 0 Å². The zero-order valence-electron chi connectivity index (χ0n) is 20.4. The fourth-order valence-corrected chi connectivity index (χ4v) is 3.32. The topological polar surface area (TPSA) is 102 Å². The highest BCUT2D eigenvalue weighted by atomic mass is 16.6. The number of carboxylic acids is 1. The summed E-state index contributed by atoms with van der Waals surface area (Å²) in [4.78, 5) is 37.2. The molecule has 0 heterocycles. The van der Waals surface area contributed by atoms with Gasteiger partial charge in [0.2, 0.25) is 0 Å². The molecule has 2 rings (SSSR count). The van der Waals surface area contributed by atoms with Crippen LogP contribution in [0.2, 0.25) is 0 Å². The molecule has 9 nitrogen and oxygen atoms in total. The lowest BCUT2D eigenvalue weighted by atomic mass is 10.1. The third kappa shape index (κ3) is 8.84. The van der Waals surface area contributed by atoms with Crippen molar-refractivity contribution in [1.82, 2.24) is 20.5 Å². The van der Waals surface area contributed by atoms with E-state index < -0.39 is 23.6 Å². The summed E-state index contributed by atoms with van der Waals surface area (Å²) in [6.45, 7) is 6.79. The molecular formula is C25H34N4O5. The van der Waals surface area contributed by atoms with E-state index in [-0.39, 0.29) is 25.7 Å². The lowest BCUT2D eigenvalue weighted by Gasteiger charge is -2.37. The van der Waals surface area contributed by atoms with Gasteiger partial charge in [0.1, 0.15) is 12.1 Å². The summed E-state index contributed by atoms with van der Waals surface area (Å²) in [5, 5.41) is 13.7. The monoisotopic (exact) mass is 470 g/mol. The van der Waals surface area contributed by atoms with Crippen LogP contribution < -0.4 is 5.43 Å². The molecular weight excluding hydrogens is 436 g/mol. The van der Waals surface area contributed by atoms with Crippen LogP contribution in [-0.2, 0) is 20.9 Å². The Kier molecular flexibility index (Phi) is 9.58. The summed E-state index contributed by atoms with van der Waals surface area (Å²) < 4.78 is 5.34. The van der Waals surface area contributed by atoms with Crippen molar-refractivity contribution in [3.05, 3.63) is 71.8 Å². The summed E-state index contributed by atoms with van der Waals surface area (Å²) in [7, 11) is 1.53. The summed E-state index contributed by atoms with van der Waals surface area (Å²) in [5.41, 5.74) is 3.69. The van der Waals surface area contributed by atoms with Gasteiger partial charge < -0.3 is 9.84 Å². The van der Waals surface area contributed by atoms with Crippen molar-refractivity contribution < 1.29 is 24.2 Å². The van der Waals surface area contributed by atoms with E-state index in [2.05, 4.69) is 5.43 Å². The number of carboxylic acid groups (broad SMARTS) is 1. The van der Waals surface area contributed by atoms with Gasteiger partial charge in [0.15, 0.2) is 0 Å². The smallest absolute Gasteiger partial charge is 0.422 e. The first-order valence-corrected chi connectivity index (χ1v) is 11.0. The van der Waals surface area contributed by atoms with E-state index in [0.717, 1.165) is 11.1 Å². The number of benzene rings is 2. The molecule has 0 aromatic heterocycles. The molecule has 0 fully saturated rings. The normalized spacial score (nSPS) is 12.3. The first-order valence-electron chi connectivity index (χ1n) is 11.0. The van der Waals surface area contributed by atoms with Gasteiger partial charge in [0.25, 0.3) is 5.91 Å². The average molecular weight is 471 g/mol. The maximum atomic E-state index is 13.2. The quantitative estimate of drug-likeness (QED) is 0.513. The van der Waals surface area contributed by atoms with E-state index >= 15 is 0 Å². The van der Waals surface area contributed by atoms with Crippen LogP contribution >= 0.6 is 0 Å². The van der Waals surface area contributed by atoms with Gasteiger partial charge >= 0.3 is 12.1 Å². The highest BCUT2D eigenvalue weighted by Crippen LogP contribution is 2.21. The van der Waals surface area contributed by atoms with Gasteiger partial charge in [0.05, 0.1) is 12.6 Å². The van der Waals surface area contributed by atoms with Crippen molar-refractivity contribution in [3.8, 4) is 0 Å². The van der Waals surface area contributed by atoms with E-state index in [1.54, 1.807) is 20.8 Å². The number of nitrogens with zero attached hydrogens (tertiary/aromatic N) is 3. The van der Waals surface area contributed by atoms with Gasteiger partial charge in [-0.15, -0.1) is 0 Å². The van der Waals surface area contributed by atoms with Crippen LogP contribution in [0.15, 0.2) is 60.7 Å². The maximum Gasteiger partial charge on any atom is 0.422 e. The van der Waals surface area contributed by atoms with Crippen molar-refractivity contribution in [2.45, 2.75) is 45.9 Å². The molecule has 2 aromatic rings. The van der Waals surface area contributed by atoms with Gasteiger partial charge in [-0.1, -0.05) is 60.7 Å². The predicted octanol–water partition coefficient (Wildman–Crippen LogP) is 3.45. The number of hydrazine groups is 2. The number of rotatable bonds is 10. The molecule has 34 heavy (non-hydrogen) atoms. The van der Waals surface area contributed by atoms with Crippen LogP contribution in [0.3, 0.4) is 0 Å². The second-order valence-corrected chi connectivity index (χ2v) is 8.95. The van der Waals surface area contributed by atoms with Gasteiger partial charge in [-0.3, -0.25) is 20.0 Å². The second kappa shape index (κ2) is 12.2. The largest absolute Gasteiger partial charge is 0.480 e. The lowest BCUT2D eigenvalue weighted by molar-refractivity contribution is -0.158. The zero-order chi connectivity index (χ0) is 25.3. The Balaban J connectivity index is 2.20. The van der Waals surface area contributed by atoms with Crippen LogP contribution in [0.25, 0.3) is 0 Å². The van der Waals surface area contributed by atoms with Crippen molar-refractivity contribution in [2.24, 2.45) is 0 Å². The second-order valence-electron chi connectivity index (χ2n) is 8.95. The van der Waals surface area contributed by atoms with Crippen LogP contribution in [0, 0.1) is 0 Å². The number of ether oxygens (including phenoxy) is 1. The minimum atomic E-state index is -1.06. The Bertz CT molecular complexity index is 947. The van der Waals surface area contributed by atoms with Crippen LogP contribution in [-0.4, -0.2) is 63.8 Å². The lowest BCUT2D eigenvalue weighted by Crippen LogP contribution is -2.53. The fourth-order valence-electron chi connectivity index (χ4n) is 3.32. The predicted molar refractivity (Wildman–Crippen MR) is 128 cm³/mol. The Morgan fingerprint density at radius 1 is 0.971 bits per heavy atom. The first kappa shape index (κ1) is 26.8. The number of hydrogen-bond donors (Lipinski definition) is 2. The highest BCUT2D eigenvalue weighted by molar-refractivity contribution is 5.79. The van der Waals surface area contributed by atoms with Crippen molar-refractivity contribution in [2.75, 3.05) is 20.1 Å². The Hall–Kier alpha value is -3.43. The molecule has 0 saturated carbocycles. The van der Waals surface area contributed by atoms with Crippen LogP contribution in [0.4, 0.5) is 4.79 Å². The zero-order valence-corrected chi connectivity index (χ0v) is 20.4. The van der Waals surface area contributed by atoms with Gasteiger partial charge in [-0.05, 0) is 38.8 Å². The number of amides is 2. The third-order valence-electron chi connectivity index (χ3n) is 4.96. The van der Waals surface area contributed by atoms with Gasteiger partial charge in [-0.25, -0.2) is 14.8 Å². The van der Waals surface area contributed by atoms with Crippen molar-refractivity contribution >= 4 is 18.0 Å². The Morgan fingerprint density at radius 2 is 1.53 bits per heavy atom. The number of aliphatic carboxylic acids is 1. The molecule has 1 atom stereocenters. The number of hydrogen-bond acceptors (Lipinski definition) is 6. The molecule has 0 bridgehead atoms. The van der Waals surface area contributed by atoms with E-state index in [4.69, 9.17) is 4.74 Å². The third-order valence-corrected chi connectivity index (χ3v) is 4.96. The van der Waals surface area contributed by atoms with Crippen molar-refractivity contribution in [1.29, 1.82) is 0 Å². The Labute approximate surface area is 200 Å². The molecule has 0 aliphatic rings. The molecule has 2 N–H and O–H groups in total. The summed E-state index contributed by atoms with van der Waals surface area (Å²) in [6.07, 6.45) is -0.682. The van der Waals surface area contributed by atoms with E-state index in [9.17, 15) is 19.5 Å². The molecule has 0 aliphatic heterocycles. The molecule has 1 unspecified atom stereocenters.